The molecule has 0 bridgehead atoms. The Labute approximate surface area is 451 Å². The average molecular weight is 1120 g/mol. The van der Waals surface area contributed by atoms with Crippen LogP contribution in [0.3, 0.4) is 0 Å². The maximum atomic E-state index is 14.8. The lowest BCUT2D eigenvalue weighted by atomic mass is 9.91. The summed E-state index contributed by atoms with van der Waals surface area (Å²) in [5.74, 6) is 0. The zero-order valence-electron chi connectivity index (χ0n) is 41.4. The topological polar surface area (TPSA) is 4.93 Å². The highest BCUT2D eigenvalue weighted by atomic mass is 19.4. The summed E-state index contributed by atoms with van der Waals surface area (Å²) in [5, 5.41) is 0.890. The zero-order chi connectivity index (χ0) is 57.4. The van der Waals surface area contributed by atoms with Gasteiger partial charge in [0.1, 0.15) is 0 Å². The standard InChI is InChI=1S/C65H36F15N/c66-61(67,68)49-13-5-9-37(31-49)43-25-44(38-10-6-14-50(32-38)62(69,70)71)28-47(27-43)41-21-23-59-55(35-41)56-36-42(22-24-60(56)81(59)58-20-4-2-18-54(58)53-17-1-3-19-57(53)65(78,79)80)48-29-45(39-11-7-15-51(33-39)63(72,73)74)26-46(30-48)40-12-8-16-52(34-40)64(75,76)77/h1-36H. The van der Waals surface area contributed by atoms with E-state index in [1.54, 1.807) is 83.4 Å². The van der Waals surface area contributed by atoms with Crippen LogP contribution >= 0.6 is 0 Å². The Balaban J connectivity index is 1.18. The number of benzene rings is 10. The van der Waals surface area contributed by atoms with Gasteiger partial charge in [0.2, 0.25) is 0 Å². The molecule has 0 aliphatic carbocycles. The summed E-state index contributed by atoms with van der Waals surface area (Å²) in [4.78, 5) is 0. The predicted molar refractivity (Wildman–Crippen MR) is 284 cm³/mol. The molecule has 16 heteroatoms. The lowest BCUT2D eigenvalue weighted by Gasteiger charge is -2.18. The van der Waals surface area contributed by atoms with Gasteiger partial charge in [-0.15, -0.1) is 0 Å². The van der Waals surface area contributed by atoms with Crippen molar-refractivity contribution >= 4 is 21.8 Å². The Morgan fingerprint density at radius 1 is 0.222 bits per heavy atom. The second-order valence-corrected chi connectivity index (χ2v) is 19.3. The smallest absolute Gasteiger partial charge is 0.309 e. The number of aromatic nitrogens is 1. The van der Waals surface area contributed by atoms with E-state index in [0.29, 0.717) is 49.7 Å². The number of halogens is 15. The summed E-state index contributed by atoms with van der Waals surface area (Å²) in [6.07, 6.45) is -23.8. The van der Waals surface area contributed by atoms with Gasteiger partial charge >= 0.3 is 30.9 Å². The van der Waals surface area contributed by atoms with Gasteiger partial charge in [0, 0.05) is 16.3 Å². The quantitative estimate of drug-likeness (QED) is 0.134. The predicted octanol–water partition coefficient (Wildman–Crippen LogP) is 21.5. The van der Waals surface area contributed by atoms with Crippen molar-refractivity contribution in [1.29, 1.82) is 0 Å². The molecule has 0 saturated heterocycles. The van der Waals surface area contributed by atoms with E-state index in [-0.39, 0.29) is 55.6 Å². The third-order valence-electron chi connectivity index (χ3n) is 14.1. The molecular weight excluding hydrogens is 1080 g/mol. The van der Waals surface area contributed by atoms with E-state index >= 15 is 0 Å². The Kier molecular flexibility index (Phi) is 13.3. The van der Waals surface area contributed by atoms with Gasteiger partial charge in [-0.25, -0.2) is 0 Å². The second kappa shape index (κ2) is 19.9. The molecule has 0 atom stereocenters. The summed E-state index contributed by atoms with van der Waals surface area (Å²) in [5.41, 5.74) is -0.918. The summed E-state index contributed by atoms with van der Waals surface area (Å²) in [6.45, 7) is 0. The third kappa shape index (κ3) is 10.8. The molecule has 0 N–H and O–H groups in total. The fourth-order valence-corrected chi connectivity index (χ4v) is 10.3. The van der Waals surface area contributed by atoms with E-state index in [1.165, 1.54) is 84.9 Å². The summed E-state index contributed by atoms with van der Waals surface area (Å²) in [6, 6.07) is 48.5. The number of fused-ring (bicyclic) bond motifs is 3. The van der Waals surface area contributed by atoms with Crippen LogP contribution in [0.4, 0.5) is 65.9 Å². The fourth-order valence-electron chi connectivity index (χ4n) is 10.3. The Morgan fingerprint density at radius 2 is 0.519 bits per heavy atom. The monoisotopic (exact) mass is 1120 g/mol. The molecule has 0 fully saturated rings. The van der Waals surface area contributed by atoms with E-state index in [1.807, 2.05) is 0 Å². The molecule has 1 aromatic heterocycles. The summed E-state index contributed by atoms with van der Waals surface area (Å²) in [7, 11) is 0. The molecule has 81 heavy (non-hydrogen) atoms. The van der Waals surface area contributed by atoms with Gasteiger partial charge in [0.05, 0.1) is 44.5 Å². The Hall–Kier alpha value is -9.05. The number of hydrogen-bond acceptors (Lipinski definition) is 0. The number of hydrogen-bond donors (Lipinski definition) is 0. The van der Waals surface area contributed by atoms with Crippen molar-refractivity contribution in [1.82, 2.24) is 4.57 Å². The lowest BCUT2D eigenvalue weighted by molar-refractivity contribution is -0.138. The van der Waals surface area contributed by atoms with E-state index < -0.39 is 58.7 Å². The van der Waals surface area contributed by atoms with E-state index in [0.717, 1.165) is 54.6 Å². The highest BCUT2D eigenvalue weighted by Gasteiger charge is 2.36. The largest absolute Gasteiger partial charge is 0.417 e. The molecule has 0 spiro atoms. The van der Waals surface area contributed by atoms with Gasteiger partial charge in [-0.2, -0.15) is 65.9 Å². The van der Waals surface area contributed by atoms with Crippen molar-refractivity contribution in [3.05, 3.63) is 246 Å². The molecule has 1 heterocycles. The van der Waals surface area contributed by atoms with Gasteiger partial charge < -0.3 is 4.57 Å². The average Bonchev–Trinajstić information content (AvgIpc) is 3.82. The van der Waals surface area contributed by atoms with E-state index in [2.05, 4.69) is 0 Å². The van der Waals surface area contributed by atoms with Crippen LogP contribution in [0.25, 0.3) is 105 Å². The van der Waals surface area contributed by atoms with Gasteiger partial charge in [0.15, 0.2) is 0 Å². The molecule has 0 unspecified atom stereocenters. The van der Waals surface area contributed by atoms with Crippen LogP contribution < -0.4 is 0 Å². The molecule has 1 nitrogen and oxygen atoms in total. The van der Waals surface area contributed by atoms with Crippen LogP contribution in [-0.4, -0.2) is 4.57 Å². The molecule has 0 saturated carbocycles. The van der Waals surface area contributed by atoms with Crippen LogP contribution in [0.1, 0.15) is 27.8 Å². The minimum Gasteiger partial charge on any atom is -0.309 e. The van der Waals surface area contributed by atoms with Crippen LogP contribution in [0, 0.1) is 0 Å². The SMILES string of the molecule is FC(F)(F)c1cccc(-c2cc(-c3cccc(C(F)(F)F)c3)cc(-c3ccc4c(c3)c3cc(-c5cc(-c6cccc(C(F)(F)F)c6)cc(-c6cccc(C(F)(F)F)c6)c5)ccc3n4-c3ccccc3-c3ccccc3C(F)(F)F)c2)c1. The van der Waals surface area contributed by atoms with Gasteiger partial charge in [-0.05, 0) is 194 Å². The minimum absolute atomic E-state index is 0.0924. The molecule has 0 aliphatic heterocycles. The van der Waals surface area contributed by atoms with Crippen LogP contribution in [0.5, 0.6) is 0 Å². The molecule has 11 aromatic rings. The Morgan fingerprint density at radius 3 is 0.840 bits per heavy atom. The molecule has 11 rings (SSSR count). The molecule has 406 valence electrons. The van der Waals surface area contributed by atoms with Crippen LogP contribution in [-0.2, 0) is 30.9 Å². The highest BCUT2D eigenvalue weighted by Crippen LogP contribution is 2.46. The number of alkyl halides is 15. The van der Waals surface area contributed by atoms with Crippen molar-refractivity contribution in [2.75, 3.05) is 0 Å². The first-order valence-electron chi connectivity index (χ1n) is 24.6. The summed E-state index contributed by atoms with van der Waals surface area (Å²) < 4.78 is 216. The van der Waals surface area contributed by atoms with Gasteiger partial charge in [-0.1, -0.05) is 97.1 Å². The molecule has 10 aromatic carbocycles. The van der Waals surface area contributed by atoms with Crippen molar-refractivity contribution in [2.24, 2.45) is 0 Å². The highest BCUT2D eigenvalue weighted by molar-refractivity contribution is 6.12. The maximum absolute atomic E-state index is 14.8. The third-order valence-corrected chi connectivity index (χ3v) is 14.1. The van der Waals surface area contributed by atoms with Crippen LogP contribution in [0.15, 0.2) is 218 Å². The first-order chi connectivity index (χ1) is 38.3. The number of para-hydroxylation sites is 1. The van der Waals surface area contributed by atoms with Crippen molar-refractivity contribution < 1.29 is 65.9 Å². The maximum Gasteiger partial charge on any atom is 0.417 e. The molecule has 0 aliphatic rings. The van der Waals surface area contributed by atoms with Crippen molar-refractivity contribution in [3.8, 4) is 83.6 Å². The van der Waals surface area contributed by atoms with E-state index in [9.17, 15) is 65.9 Å². The first kappa shape index (κ1) is 53.9. The second-order valence-electron chi connectivity index (χ2n) is 19.3. The first-order valence-corrected chi connectivity index (χ1v) is 24.6. The van der Waals surface area contributed by atoms with Crippen molar-refractivity contribution in [2.45, 2.75) is 30.9 Å². The minimum atomic E-state index is -4.78. The molecule has 0 radical (unpaired) electrons. The van der Waals surface area contributed by atoms with Crippen molar-refractivity contribution in [3.63, 3.8) is 0 Å². The van der Waals surface area contributed by atoms with Gasteiger partial charge in [0.25, 0.3) is 0 Å². The van der Waals surface area contributed by atoms with Crippen LogP contribution in [0.2, 0.25) is 0 Å². The van der Waals surface area contributed by atoms with E-state index in [4.69, 9.17) is 0 Å². The Bertz CT molecular complexity index is 3860. The number of nitrogens with zero attached hydrogens (tertiary/aromatic N) is 1. The fraction of sp³-hybridized carbons (Fsp3) is 0.0769. The van der Waals surface area contributed by atoms with Gasteiger partial charge in [-0.3, -0.25) is 0 Å². The molecule has 0 amide bonds. The zero-order valence-corrected chi connectivity index (χ0v) is 41.4. The lowest BCUT2D eigenvalue weighted by Crippen LogP contribution is -2.08. The molecular formula is C65H36F15N. The normalized spacial score (nSPS) is 12.6. The summed E-state index contributed by atoms with van der Waals surface area (Å²) >= 11 is 0. The number of rotatable bonds is 8.